The molecule has 23 heavy (non-hydrogen) atoms. The number of nitrogens with zero attached hydrogens (tertiary/aromatic N) is 2. The third kappa shape index (κ3) is 3.45. The number of carbonyl (C=O) groups excluding carboxylic acids is 2. The standard InChI is InChI=1S/C16H16BrN3O2S/c1-10-14(23-16(17)19-10)15(22)20-8-7-18-13(21)9-12(20)11-5-3-2-4-6-11/h2-6,12H,7-9H2,1H3,(H,18,21). The predicted octanol–water partition coefficient (Wildman–Crippen LogP) is 2.92. The summed E-state index contributed by atoms with van der Waals surface area (Å²) < 4.78 is 0.693. The van der Waals surface area contributed by atoms with Crippen molar-refractivity contribution in [3.05, 3.63) is 50.4 Å². The number of nitrogens with one attached hydrogen (secondary N) is 1. The molecular weight excluding hydrogens is 378 g/mol. The first-order valence-corrected chi connectivity index (χ1v) is 8.92. The lowest BCUT2D eigenvalue weighted by Crippen LogP contribution is -2.36. The van der Waals surface area contributed by atoms with Crippen molar-refractivity contribution in [3.63, 3.8) is 0 Å². The van der Waals surface area contributed by atoms with Crippen molar-refractivity contribution in [2.75, 3.05) is 13.1 Å². The second-order valence-corrected chi connectivity index (χ2v) is 7.64. The Kier molecular flexibility index (Phi) is 4.77. The fourth-order valence-corrected chi connectivity index (χ4v) is 4.24. The van der Waals surface area contributed by atoms with E-state index in [1.54, 1.807) is 4.90 Å². The van der Waals surface area contributed by atoms with Crippen LogP contribution < -0.4 is 5.32 Å². The molecule has 2 amide bonds. The van der Waals surface area contributed by atoms with Gasteiger partial charge in [0.15, 0.2) is 3.92 Å². The summed E-state index contributed by atoms with van der Waals surface area (Å²) in [6.45, 7) is 2.78. The average Bonchev–Trinajstić information content (AvgIpc) is 2.76. The van der Waals surface area contributed by atoms with Crippen LogP contribution in [-0.4, -0.2) is 34.8 Å². The van der Waals surface area contributed by atoms with Crippen LogP contribution >= 0.6 is 27.3 Å². The third-order valence-electron chi connectivity index (χ3n) is 3.84. The number of amides is 2. The Morgan fingerprint density at radius 1 is 1.39 bits per heavy atom. The van der Waals surface area contributed by atoms with E-state index in [0.29, 0.717) is 27.6 Å². The first-order chi connectivity index (χ1) is 11.1. The van der Waals surface area contributed by atoms with Crippen molar-refractivity contribution >= 4 is 39.1 Å². The molecule has 1 unspecified atom stereocenters. The zero-order valence-electron chi connectivity index (χ0n) is 12.6. The van der Waals surface area contributed by atoms with Crippen LogP contribution in [0.1, 0.15) is 33.4 Å². The van der Waals surface area contributed by atoms with E-state index in [9.17, 15) is 9.59 Å². The molecule has 0 radical (unpaired) electrons. The summed E-state index contributed by atoms with van der Waals surface area (Å²) in [6, 6.07) is 9.44. The van der Waals surface area contributed by atoms with E-state index < -0.39 is 0 Å². The van der Waals surface area contributed by atoms with Gasteiger partial charge in [0.1, 0.15) is 4.88 Å². The van der Waals surface area contributed by atoms with Gasteiger partial charge in [0.25, 0.3) is 5.91 Å². The van der Waals surface area contributed by atoms with E-state index in [1.165, 1.54) is 11.3 Å². The molecule has 1 aliphatic heterocycles. The summed E-state index contributed by atoms with van der Waals surface area (Å²) in [7, 11) is 0. The van der Waals surface area contributed by atoms with E-state index in [2.05, 4.69) is 26.2 Å². The van der Waals surface area contributed by atoms with Gasteiger partial charge in [0.2, 0.25) is 5.91 Å². The summed E-state index contributed by atoms with van der Waals surface area (Å²) in [6.07, 6.45) is 0.273. The van der Waals surface area contributed by atoms with Gasteiger partial charge in [0, 0.05) is 13.1 Å². The molecule has 1 atom stereocenters. The Hall–Kier alpha value is -1.73. The van der Waals surface area contributed by atoms with Crippen LogP contribution in [-0.2, 0) is 4.79 Å². The van der Waals surface area contributed by atoms with Crippen LogP contribution in [0.2, 0.25) is 0 Å². The molecule has 2 aromatic rings. The molecule has 0 spiro atoms. The minimum Gasteiger partial charge on any atom is -0.354 e. The van der Waals surface area contributed by atoms with Gasteiger partial charge in [0.05, 0.1) is 18.2 Å². The molecule has 120 valence electrons. The van der Waals surface area contributed by atoms with Gasteiger partial charge in [-0.15, -0.1) is 11.3 Å². The number of halogens is 1. The molecule has 1 aromatic heterocycles. The Morgan fingerprint density at radius 3 is 2.78 bits per heavy atom. The topological polar surface area (TPSA) is 62.3 Å². The Labute approximate surface area is 146 Å². The van der Waals surface area contributed by atoms with Gasteiger partial charge >= 0.3 is 0 Å². The molecule has 0 bridgehead atoms. The van der Waals surface area contributed by atoms with Crippen LogP contribution in [0.3, 0.4) is 0 Å². The number of hydrogen-bond acceptors (Lipinski definition) is 4. The van der Waals surface area contributed by atoms with Crippen molar-refractivity contribution < 1.29 is 9.59 Å². The number of benzene rings is 1. The van der Waals surface area contributed by atoms with Gasteiger partial charge < -0.3 is 10.2 Å². The Bertz CT molecular complexity index is 732. The van der Waals surface area contributed by atoms with E-state index in [-0.39, 0.29) is 24.3 Å². The van der Waals surface area contributed by atoms with Crippen molar-refractivity contribution in [1.29, 1.82) is 0 Å². The molecule has 1 aliphatic rings. The lowest BCUT2D eigenvalue weighted by atomic mass is 10.0. The van der Waals surface area contributed by atoms with E-state index >= 15 is 0 Å². The summed E-state index contributed by atoms with van der Waals surface area (Å²) in [5.74, 6) is -0.104. The molecule has 5 nitrogen and oxygen atoms in total. The maximum absolute atomic E-state index is 13.0. The van der Waals surface area contributed by atoms with Gasteiger partial charge in [-0.25, -0.2) is 4.98 Å². The SMILES string of the molecule is Cc1nc(Br)sc1C(=O)N1CCNC(=O)CC1c1ccccc1. The first kappa shape index (κ1) is 16.1. The van der Waals surface area contributed by atoms with E-state index in [0.717, 1.165) is 5.56 Å². The third-order valence-corrected chi connectivity index (χ3v) is 5.44. The molecule has 3 rings (SSSR count). The monoisotopic (exact) mass is 393 g/mol. The van der Waals surface area contributed by atoms with Crippen molar-refractivity contribution in [2.24, 2.45) is 0 Å². The molecule has 1 aromatic carbocycles. The number of aryl methyl sites for hydroxylation is 1. The lowest BCUT2D eigenvalue weighted by molar-refractivity contribution is -0.121. The fraction of sp³-hybridized carbons (Fsp3) is 0.312. The number of hydrogen-bond donors (Lipinski definition) is 1. The molecule has 0 saturated carbocycles. The van der Waals surface area contributed by atoms with Crippen LogP contribution in [0.25, 0.3) is 0 Å². The van der Waals surface area contributed by atoms with Crippen LogP contribution in [0.4, 0.5) is 0 Å². The summed E-state index contributed by atoms with van der Waals surface area (Å²) in [5.41, 5.74) is 1.68. The number of aromatic nitrogens is 1. The lowest BCUT2D eigenvalue weighted by Gasteiger charge is -2.29. The highest BCUT2D eigenvalue weighted by atomic mass is 79.9. The maximum atomic E-state index is 13.0. The average molecular weight is 394 g/mol. The summed E-state index contributed by atoms with van der Waals surface area (Å²) in [4.78, 5) is 31.7. The predicted molar refractivity (Wildman–Crippen MR) is 92.4 cm³/mol. The molecule has 1 N–H and O–H groups in total. The first-order valence-electron chi connectivity index (χ1n) is 7.32. The van der Waals surface area contributed by atoms with Crippen LogP contribution in [0, 0.1) is 6.92 Å². The summed E-state index contributed by atoms with van der Waals surface area (Å²) in [5, 5.41) is 2.85. The quantitative estimate of drug-likeness (QED) is 0.852. The highest BCUT2D eigenvalue weighted by Crippen LogP contribution is 2.30. The maximum Gasteiger partial charge on any atom is 0.266 e. The normalized spacial score (nSPS) is 18.4. The second kappa shape index (κ2) is 6.80. The number of carbonyl (C=O) groups is 2. The van der Waals surface area contributed by atoms with Gasteiger partial charge in [-0.1, -0.05) is 30.3 Å². The minimum atomic E-state index is -0.258. The smallest absolute Gasteiger partial charge is 0.266 e. The molecule has 2 heterocycles. The van der Waals surface area contributed by atoms with E-state index in [1.807, 2.05) is 37.3 Å². The van der Waals surface area contributed by atoms with Crippen LogP contribution in [0.5, 0.6) is 0 Å². The largest absolute Gasteiger partial charge is 0.354 e. The van der Waals surface area contributed by atoms with Crippen molar-refractivity contribution in [1.82, 2.24) is 15.2 Å². The zero-order valence-corrected chi connectivity index (χ0v) is 15.0. The Morgan fingerprint density at radius 2 is 2.13 bits per heavy atom. The minimum absolute atomic E-state index is 0.0311. The zero-order chi connectivity index (χ0) is 16.4. The number of thiazole rings is 1. The molecular formula is C16H16BrN3O2S. The second-order valence-electron chi connectivity index (χ2n) is 5.36. The molecule has 7 heteroatoms. The Balaban J connectivity index is 1.97. The highest BCUT2D eigenvalue weighted by molar-refractivity contribution is 9.11. The summed E-state index contributed by atoms with van der Waals surface area (Å²) >= 11 is 4.66. The molecule has 0 aliphatic carbocycles. The fourth-order valence-electron chi connectivity index (χ4n) is 2.74. The molecule has 1 saturated heterocycles. The highest BCUT2D eigenvalue weighted by Gasteiger charge is 2.32. The van der Waals surface area contributed by atoms with Crippen molar-refractivity contribution in [3.8, 4) is 0 Å². The number of rotatable bonds is 2. The van der Waals surface area contributed by atoms with Gasteiger partial charge in [-0.3, -0.25) is 9.59 Å². The van der Waals surface area contributed by atoms with Crippen molar-refractivity contribution in [2.45, 2.75) is 19.4 Å². The van der Waals surface area contributed by atoms with Gasteiger partial charge in [-0.2, -0.15) is 0 Å². The van der Waals surface area contributed by atoms with Crippen LogP contribution in [0.15, 0.2) is 34.2 Å². The van der Waals surface area contributed by atoms with Gasteiger partial charge in [-0.05, 0) is 28.4 Å². The molecule has 1 fully saturated rings. The van der Waals surface area contributed by atoms with E-state index in [4.69, 9.17) is 0 Å².